The average molecular weight is 437 g/mol. The van der Waals surface area contributed by atoms with E-state index in [9.17, 15) is 4.79 Å². The van der Waals surface area contributed by atoms with E-state index in [-0.39, 0.29) is 12.5 Å². The SMILES string of the molecule is CN(CC(=O)Nc1c(Cl)cccc1Cl)c1nc(-c2ccccc2)c2ccccc2n1. The molecule has 0 aliphatic carbocycles. The van der Waals surface area contributed by atoms with Crippen LogP contribution in [0.25, 0.3) is 22.2 Å². The lowest BCUT2D eigenvalue weighted by molar-refractivity contribution is -0.114. The van der Waals surface area contributed by atoms with E-state index in [4.69, 9.17) is 28.2 Å². The Balaban J connectivity index is 1.63. The summed E-state index contributed by atoms with van der Waals surface area (Å²) in [6.07, 6.45) is 0. The number of benzene rings is 3. The van der Waals surface area contributed by atoms with Crippen LogP contribution < -0.4 is 10.2 Å². The number of carbonyl (C=O) groups excluding carboxylic acids is 1. The molecule has 5 nitrogen and oxygen atoms in total. The molecule has 0 aliphatic heterocycles. The lowest BCUT2D eigenvalue weighted by Crippen LogP contribution is -2.31. The highest BCUT2D eigenvalue weighted by Gasteiger charge is 2.16. The first-order valence-electron chi connectivity index (χ1n) is 9.30. The summed E-state index contributed by atoms with van der Waals surface area (Å²) in [4.78, 5) is 23.7. The van der Waals surface area contributed by atoms with Crippen LogP contribution >= 0.6 is 23.2 Å². The molecule has 1 N–H and O–H groups in total. The first-order valence-corrected chi connectivity index (χ1v) is 10.1. The van der Waals surface area contributed by atoms with Gasteiger partial charge in [-0.05, 0) is 18.2 Å². The Kier molecular flexibility index (Phi) is 5.84. The van der Waals surface area contributed by atoms with E-state index in [0.717, 1.165) is 22.2 Å². The van der Waals surface area contributed by atoms with Crippen molar-refractivity contribution in [3.63, 3.8) is 0 Å². The zero-order chi connectivity index (χ0) is 21.1. The first-order chi connectivity index (χ1) is 14.5. The molecule has 30 heavy (non-hydrogen) atoms. The third-order valence-electron chi connectivity index (χ3n) is 4.59. The maximum atomic E-state index is 12.6. The number of halogens is 2. The van der Waals surface area contributed by atoms with E-state index in [0.29, 0.717) is 21.7 Å². The van der Waals surface area contributed by atoms with E-state index >= 15 is 0 Å². The number of carbonyl (C=O) groups is 1. The van der Waals surface area contributed by atoms with Crippen molar-refractivity contribution in [2.24, 2.45) is 0 Å². The van der Waals surface area contributed by atoms with Gasteiger partial charge >= 0.3 is 0 Å². The van der Waals surface area contributed by atoms with Gasteiger partial charge in [-0.15, -0.1) is 0 Å². The number of hydrogen-bond donors (Lipinski definition) is 1. The monoisotopic (exact) mass is 436 g/mol. The van der Waals surface area contributed by atoms with Gasteiger partial charge in [-0.25, -0.2) is 9.97 Å². The van der Waals surface area contributed by atoms with Gasteiger partial charge in [0.25, 0.3) is 0 Å². The number of fused-ring (bicyclic) bond motifs is 1. The largest absolute Gasteiger partial charge is 0.335 e. The predicted octanol–water partition coefficient (Wildman–Crippen LogP) is 5.68. The maximum Gasteiger partial charge on any atom is 0.244 e. The molecule has 1 aromatic heterocycles. The quantitative estimate of drug-likeness (QED) is 0.437. The van der Waals surface area contributed by atoms with Gasteiger partial charge < -0.3 is 10.2 Å². The molecule has 0 fully saturated rings. The zero-order valence-electron chi connectivity index (χ0n) is 16.1. The van der Waals surface area contributed by atoms with Crippen LogP contribution in [-0.2, 0) is 4.79 Å². The summed E-state index contributed by atoms with van der Waals surface area (Å²) in [5, 5.41) is 4.48. The summed E-state index contributed by atoms with van der Waals surface area (Å²) in [7, 11) is 1.77. The van der Waals surface area contributed by atoms with Crippen molar-refractivity contribution in [1.82, 2.24) is 9.97 Å². The molecule has 7 heteroatoms. The summed E-state index contributed by atoms with van der Waals surface area (Å²) >= 11 is 12.3. The Bertz CT molecular complexity index is 1190. The lowest BCUT2D eigenvalue weighted by Gasteiger charge is -2.19. The highest BCUT2D eigenvalue weighted by molar-refractivity contribution is 6.39. The van der Waals surface area contributed by atoms with E-state index in [1.807, 2.05) is 54.6 Å². The number of anilines is 2. The van der Waals surface area contributed by atoms with Gasteiger partial charge in [0.2, 0.25) is 11.9 Å². The standard InChI is InChI=1S/C23H18Cl2N4O/c1-29(14-20(30)27-22-17(24)11-7-12-18(22)25)23-26-19-13-6-5-10-16(19)21(28-23)15-8-3-2-4-9-15/h2-13H,14H2,1H3,(H,27,30). The number of amides is 1. The summed E-state index contributed by atoms with van der Waals surface area (Å²) in [6, 6.07) is 22.8. The molecule has 0 unspecified atom stereocenters. The van der Waals surface area contributed by atoms with Gasteiger partial charge in [-0.1, -0.05) is 77.8 Å². The fraction of sp³-hybridized carbons (Fsp3) is 0.0870. The van der Waals surface area contributed by atoms with Crippen molar-refractivity contribution in [2.75, 3.05) is 23.8 Å². The average Bonchev–Trinajstić information content (AvgIpc) is 2.76. The topological polar surface area (TPSA) is 58.1 Å². The highest BCUT2D eigenvalue weighted by atomic mass is 35.5. The smallest absolute Gasteiger partial charge is 0.244 e. The van der Waals surface area contributed by atoms with Crippen LogP contribution in [0.2, 0.25) is 10.0 Å². The molecule has 1 amide bonds. The molecule has 0 atom stereocenters. The maximum absolute atomic E-state index is 12.6. The van der Waals surface area contributed by atoms with Crippen molar-refractivity contribution in [2.45, 2.75) is 0 Å². The molecule has 1 heterocycles. The van der Waals surface area contributed by atoms with Crippen LogP contribution in [0.4, 0.5) is 11.6 Å². The number of aromatic nitrogens is 2. The zero-order valence-corrected chi connectivity index (χ0v) is 17.7. The van der Waals surface area contributed by atoms with Gasteiger partial charge in [-0.2, -0.15) is 0 Å². The fourth-order valence-electron chi connectivity index (χ4n) is 3.13. The molecule has 3 aromatic carbocycles. The van der Waals surface area contributed by atoms with Crippen molar-refractivity contribution < 1.29 is 4.79 Å². The molecule has 0 saturated carbocycles. The Labute approximate surface area is 184 Å². The molecule has 150 valence electrons. The van der Waals surface area contributed by atoms with Crippen LogP contribution in [0.5, 0.6) is 0 Å². The molecule has 4 aromatic rings. The Morgan fingerprint density at radius 1 is 0.900 bits per heavy atom. The molecule has 0 saturated heterocycles. The second kappa shape index (κ2) is 8.69. The number of likely N-dealkylation sites (N-methyl/N-ethyl adjacent to an activating group) is 1. The van der Waals surface area contributed by atoms with Crippen molar-refractivity contribution in [3.8, 4) is 11.3 Å². The van der Waals surface area contributed by atoms with Gasteiger partial charge in [0.15, 0.2) is 0 Å². The summed E-state index contributed by atoms with van der Waals surface area (Å²) in [6.45, 7) is 0.0358. The third-order valence-corrected chi connectivity index (χ3v) is 5.22. The third kappa shape index (κ3) is 4.22. The Morgan fingerprint density at radius 2 is 1.57 bits per heavy atom. The minimum atomic E-state index is -0.273. The molecule has 0 radical (unpaired) electrons. The van der Waals surface area contributed by atoms with Crippen LogP contribution in [0.15, 0.2) is 72.8 Å². The second-order valence-corrected chi connectivity index (χ2v) is 7.57. The molecule has 4 rings (SSSR count). The van der Waals surface area contributed by atoms with E-state index in [1.165, 1.54) is 0 Å². The normalized spacial score (nSPS) is 10.8. The predicted molar refractivity (Wildman–Crippen MR) is 123 cm³/mol. The first kappa shape index (κ1) is 20.1. The number of para-hydroxylation sites is 2. The van der Waals surface area contributed by atoms with Crippen molar-refractivity contribution in [1.29, 1.82) is 0 Å². The number of rotatable bonds is 5. The lowest BCUT2D eigenvalue weighted by atomic mass is 10.1. The van der Waals surface area contributed by atoms with Gasteiger partial charge in [0, 0.05) is 18.0 Å². The number of nitrogens with one attached hydrogen (secondary N) is 1. The molecule has 0 spiro atoms. The second-order valence-electron chi connectivity index (χ2n) is 6.76. The van der Waals surface area contributed by atoms with Crippen molar-refractivity contribution in [3.05, 3.63) is 82.8 Å². The Morgan fingerprint density at radius 3 is 2.30 bits per heavy atom. The van der Waals surface area contributed by atoms with E-state index in [2.05, 4.69) is 10.3 Å². The van der Waals surface area contributed by atoms with E-state index in [1.54, 1.807) is 30.1 Å². The Hall–Kier alpha value is -3.15. The number of hydrogen-bond acceptors (Lipinski definition) is 4. The van der Waals surface area contributed by atoms with Gasteiger partial charge in [0.1, 0.15) is 0 Å². The van der Waals surface area contributed by atoms with Crippen LogP contribution in [-0.4, -0.2) is 29.5 Å². The van der Waals surface area contributed by atoms with Gasteiger partial charge in [0.05, 0.1) is 33.5 Å². The van der Waals surface area contributed by atoms with Crippen LogP contribution in [0, 0.1) is 0 Å². The summed E-state index contributed by atoms with van der Waals surface area (Å²) < 4.78 is 0. The van der Waals surface area contributed by atoms with Crippen LogP contribution in [0.3, 0.4) is 0 Å². The highest BCUT2D eigenvalue weighted by Crippen LogP contribution is 2.30. The van der Waals surface area contributed by atoms with E-state index < -0.39 is 0 Å². The molecule has 0 bridgehead atoms. The molecule has 0 aliphatic rings. The number of nitrogens with zero attached hydrogens (tertiary/aromatic N) is 3. The minimum absolute atomic E-state index is 0.0358. The molecular formula is C23H18Cl2N4O. The summed E-state index contributed by atoms with van der Waals surface area (Å²) in [5.74, 6) is 0.179. The minimum Gasteiger partial charge on any atom is -0.335 e. The summed E-state index contributed by atoms with van der Waals surface area (Å²) in [5.41, 5.74) is 3.00. The molecular weight excluding hydrogens is 419 g/mol. The van der Waals surface area contributed by atoms with Crippen molar-refractivity contribution >= 4 is 51.6 Å². The van der Waals surface area contributed by atoms with Gasteiger partial charge in [-0.3, -0.25) is 4.79 Å². The fourth-order valence-corrected chi connectivity index (χ4v) is 3.63. The van der Waals surface area contributed by atoms with Crippen LogP contribution in [0.1, 0.15) is 0 Å².